The van der Waals surface area contributed by atoms with Gasteiger partial charge in [-0.05, 0) is 56.7 Å². The second-order valence-electron chi connectivity index (χ2n) is 10.2. The molecule has 3 aromatic rings. The fourth-order valence-corrected chi connectivity index (χ4v) is 5.77. The summed E-state index contributed by atoms with van der Waals surface area (Å²) in [4.78, 5) is 0. The Morgan fingerprint density at radius 1 is 0.621 bits per heavy atom. The average Bonchev–Trinajstić information content (AvgIpc) is 2.96. The molecular formula is C28H31P. The normalized spacial score (nSPS) is 13.6. The van der Waals surface area contributed by atoms with Crippen molar-refractivity contribution in [2.75, 3.05) is 0 Å². The Hall–Kier alpha value is -2.17. The van der Waals surface area contributed by atoms with E-state index >= 15 is 0 Å². The number of hydrogen-bond donors (Lipinski definition) is 0. The van der Waals surface area contributed by atoms with Crippen molar-refractivity contribution in [3.8, 4) is 11.1 Å². The van der Waals surface area contributed by atoms with Gasteiger partial charge in [-0.15, -0.1) is 0 Å². The molecule has 0 bridgehead atoms. The van der Waals surface area contributed by atoms with Crippen LogP contribution < -0.4 is 5.30 Å². The highest BCUT2D eigenvalue weighted by molar-refractivity contribution is 7.50. The summed E-state index contributed by atoms with van der Waals surface area (Å²) in [5, 5.41) is 2.90. The number of hydrogen-bond acceptors (Lipinski definition) is 0. The van der Waals surface area contributed by atoms with E-state index in [1.54, 1.807) is 0 Å². The smallest absolute Gasteiger partial charge is 0.0181 e. The Labute approximate surface area is 177 Å². The van der Waals surface area contributed by atoms with Gasteiger partial charge in [-0.2, -0.15) is 0 Å². The first-order chi connectivity index (χ1) is 13.6. The Morgan fingerprint density at radius 3 is 1.55 bits per heavy atom. The Kier molecular flexibility index (Phi) is 4.83. The van der Waals surface area contributed by atoms with Crippen molar-refractivity contribution in [3.63, 3.8) is 0 Å². The number of fused-ring (bicyclic) bond motifs is 3. The topological polar surface area (TPSA) is 0 Å². The quantitative estimate of drug-likeness (QED) is 0.293. The van der Waals surface area contributed by atoms with Crippen molar-refractivity contribution in [3.05, 3.63) is 88.5 Å². The fourth-order valence-electron chi connectivity index (χ4n) is 4.16. The third-order valence-electron chi connectivity index (χ3n) is 5.85. The lowest BCUT2D eigenvalue weighted by Crippen LogP contribution is -2.24. The molecule has 0 N–H and O–H groups in total. The van der Waals surface area contributed by atoms with Crippen molar-refractivity contribution in [1.29, 1.82) is 0 Å². The predicted octanol–water partition coefficient (Wildman–Crippen LogP) is 7.41. The van der Waals surface area contributed by atoms with Gasteiger partial charge in [-0.1, -0.05) is 110 Å². The molecule has 0 atom stereocenters. The number of rotatable bonds is 1. The van der Waals surface area contributed by atoms with Gasteiger partial charge < -0.3 is 0 Å². The number of aryl methyl sites for hydroxylation is 1. The van der Waals surface area contributed by atoms with Crippen LogP contribution in [0.2, 0.25) is 0 Å². The molecule has 0 saturated carbocycles. The summed E-state index contributed by atoms with van der Waals surface area (Å²) < 4.78 is 0. The number of benzene rings is 3. The van der Waals surface area contributed by atoms with E-state index in [0.717, 1.165) is 0 Å². The van der Waals surface area contributed by atoms with Gasteiger partial charge in [0.1, 0.15) is 0 Å². The van der Waals surface area contributed by atoms with Crippen LogP contribution in [0.4, 0.5) is 0 Å². The third-order valence-corrected chi connectivity index (χ3v) is 7.38. The highest BCUT2D eigenvalue weighted by atomic mass is 31.1. The zero-order valence-corrected chi connectivity index (χ0v) is 19.6. The Morgan fingerprint density at radius 2 is 1.10 bits per heavy atom. The summed E-state index contributed by atoms with van der Waals surface area (Å²) >= 11 is 0. The summed E-state index contributed by atoms with van der Waals surface area (Å²) in [6.45, 7) is 16.2. The highest BCUT2D eigenvalue weighted by Crippen LogP contribution is 2.40. The molecule has 1 aliphatic carbocycles. The predicted molar refractivity (Wildman–Crippen MR) is 130 cm³/mol. The molecule has 148 valence electrons. The van der Waals surface area contributed by atoms with E-state index in [4.69, 9.17) is 0 Å². The maximum Gasteiger partial charge on any atom is 0.0181 e. The molecule has 3 aromatic carbocycles. The minimum Gasteiger partial charge on any atom is -0.0616 e. The second kappa shape index (κ2) is 6.96. The summed E-state index contributed by atoms with van der Waals surface area (Å²) in [5.74, 6) is 0. The van der Waals surface area contributed by atoms with Crippen molar-refractivity contribution in [2.24, 2.45) is 0 Å². The maximum atomic E-state index is 2.46. The summed E-state index contributed by atoms with van der Waals surface area (Å²) in [5.41, 5.74) is 10.1. The standard InChI is InChI=1S/C28H31P/c1-18-16-19(27(2,3)4)17-24(28(5,6)7)25(18)29-26-22-14-10-8-12-20(22)21-13-9-11-15-23(21)26/h8-17H,1-7H3. The van der Waals surface area contributed by atoms with Crippen LogP contribution in [-0.2, 0) is 10.8 Å². The van der Waals surface area contributed by atoms with Gasteiger partial charge in [-0.3, -0.25) is 0 Å². The van der Waals surface area contributed by atoms with Crippen molar-refractivity contribution in [2.45, 2.75) is 59.3 Å². The lowest BCUT2D eigenvalue weighted by molar-refractivity contribution is 0.570. The van der Waals surface area contributed by atoms with E-state index in [9.17, 15) is 0 Å². The highest BCUT2D eigenvalue weighted by Gasteiger charge is 2.27. The largest absolute Gasteiger partial charge is 0.0616 e. The first-order valence-corrected chi connectivity index (χ1v) is 11.4. The molecule has 0 nitrogen and oxygen atoms in total. The van der Waals surface area contributed by atoms with Gasteiger partial charge in [0.05, 0.1) is 0 Å². The van der Waals surface area contributed by atoms with Crippen LogP contribution in [0.1, 0.15) is 69.4 Å². The van der Waals surface area contributed by atoms with Crippen molar-refractivity contribution >= 4 is 18.8 Å². The minimum atomic E-state index is 0.104. The first kappa shape index (κ1) is 20.1. The van der Waals surface area contributed by atoms with Gasteiger partial charge in [0.2, 0.25) is 0 Å². The van der Waals surface area contributed by atoms with Gasteiger partial charge in [-0.25, -0.2) is 0 Å². The maximum absolute atomic E-state index is 2.46. The summed E-state index contributed by atoms with van der Waals surface area (Å²) in [7, 11) is 1.31. The van der Waals surface area contributed by atoms with Crippen molar-refractivity contribution in [1.82, 2.24) is 0 Å². The Bertz CT molecular complexity index is 1070. The average molecular weight is 399 g/mol. The third kappa shape index (κ3) is 3.60. The molecular weight excluding hydrogens is 367 g/mol. The lowest BCUT2D eigenvalue weighted by atomic mass is 9.79. The SMILES string of the molecule is Cc1cc(C(C)(C)C)cc(C(C)(C)C)c1P=C1c2ccccc2-c2ccccc21. The van der Waals surface area contributed by atoms with E-state index in [-0.39, 0.29) is 10.8 Å². The molecule has 29 heavy (non-hydrogen) atoms. The molecule has 1 heteroatoms. The zero-order chi connectivity index (χ0) is 21.0. The van der Waals surface area contributed by atoms with Crippen LogP contribution >= 0.6 is 8.20 Å². The molecule has 0 fully saturated rings. The van der Waals surface area contributed by atoms with E-state index in [1.165, 1.54) is 57.7 Å². The monoisotopic (exact) mass is 398 g/mol. The molecule has 0 aliphatic heterocycles. The van der Waals surface area contributed by atoms with E-state index in [2.05, 4.69) is 109 Å². The van der Waals surface area contributed by atoms with Crippen molar-refractivity contribution < 1.29 is 0 Å². The molecule has 0 saturated heterocycles. The van der Waals surface area contributed by atoms with Crippen LogP contribution in [0, 0.1) is 6.92 Å². The first-order valence-electron chi connectivity index (χ1n) is 10.5. The molecule has 0 spiro atoms. The van der Waals surface area contributed by atoms with Crippen LogP contribution in [0.15, 0.2) is 60.7 Å². The minimum absolute atomic E-state index is 0.104. The lowest BCUT2D eigenvalue weighted by Gasteiger charge is -2.28. The fraction of sp³-hybridized carbons (Fsp3) is 0.321. The van der Waals surface area contributed by atoms with Crippen LogP contribution in [0.5, 0.6) is 0 Å². The molecule has 0 amide bonds. The molecule has 0 heterocycles. The van der Waals surface area contributed by atoms with Crippen LogP contribution in [0.3, 0.4) is 0 Å². The summed E-state index contributed by atoms with van der Waals surface area (Å²) in [6, 6.07) is 22.6. The Balaban J connectivity index is 2.01. The van der Waals surface area contributed by atoms with E-state index in [1.807, 2.05) is 0 Å². The van der Waals surface area contributed by atoms with Gasteiger partial charge in [0.15, 0.2) is 0 Å². The van der Waals surface area contributed by atoms with E-state index in [0.29, 0.717) is 0 Å². The molecule has 0 aromatic heterocycles. The summed E-state index contributed by atoms with van der Waals surface area (Å²) in [6.07, 6.45) is 0. The molecule has 1 aliphatic rings. The van der Waals surface area contributed by atoms with E-state index < -0.39 is 0 Å². The molecule has 4 rings (SSSR count). The zero-order valence-electron chi connectivity index (χ0n) is 18.7. The molecule has 0 unspecified atom stereocenters. The van der Waals surface area contributed by atoms with Crippen LogP contribution in [0.25, 0.3) is 11.1 Å². The van der Waals surface area contributed by atoms with Crippen LogP contribution in [-0.4, -0.2) is 5.29 Å². The van der Waals surface area contributed by atoms with Gasteiger partial charge in [0, 0.05) is 10.6 Å². The second-order valence-corrected chi connectivity index (χ2v) is 11.4. The van der Waals surface area contributed by atoms with Gasteiger partial charge in [0.25, 0.3) is 0 Å². The van der Waals surface area contributed by atoms with Gasteiger partial charge >= 0.3 is 0 Å². The molecule has 0 radical (unpaired) electrons.